The lowest BCUT2D eigenvalue weighted by atomic mass is 10.1. The number of nitrogens with one attached hydrogen (secondary N) is 1. The number of rotatable bonds is 7. The quantitative estimate of drug-likeness (QED) is 0.155. The van der Waals surface area contributed by atoms with Crippen LogP contribution in [-0.2, 0) is 0 Å². The van der Waals surface area contributed by atoms with Crippen molar-refractivity contribution < 1.29 is 10.3 Å². The van der Waals surface area contributed by atoms with Gasteiger partial charge >= 0.3 is 0 Å². The number of aliphatic hydroxyl groups is 1. The smallest absolute Gasteiger partial charge is 0.140 e. The molecule has 14 heavy (non-hydrogen) atoms. The molecule has 0 rings (SSSR count). The Morgan fingerprint density at radius 2 is 2.14 bits per heavy atom. The molecule has 0 aliphatic heterocycles. The third kappa shape index (κ3) is 7.82. The Labute approximate surface area is 85.0 Å². The van der Waals surface area contributed by atoms with Crippen molar-refractivity contribution >= 4 is 5.84 Å². The zero-order chi connectivity index (χ0) is 11.0. The van der Waals surface area contributed by atoms with E-state index in [9.17, 15) is 5.11 Å². The fraction of sp³-hybridized carbons (Fsp3) is 0.889. The van der Waals surface area contributed by atoms with Gasteiger partial charge in [0.05, 0.1) is 6.10 Å². The SMILES string of the molecule is CC(C)CC(O)CNCCC(N)=NO. The van der Waals surface area contributed by atoms with Gasteiger partial charge in [0.1, 0.15) is 5.84 Å². The number of nitrogens with zero attached hydrogens (tertiary/aromatic N) is 1. The van der Waals surface area contributed by atoms with Gasteiger partial charge in [-0.15, -0.1) is 0 Å². The summed E-state index contributed by atoms with van der Waals surface area (Å²) in [7, 11) is 0. The van der Waals surface area contributed by atoms with Crippen LogP contribution in [0.25, 0.3) is 0 Å². The Balaban J connectivity index is 3.36. The number of hydrogen-bond acceptors (Lipinski definition) is 4. The van der Waals surface area contributed by atoms with Gasteiger partial charge in [-0.1, -0.05) is 19.0 Å². The molecule has 0 bridgehead atoms. The van der Waals surface area contributed by atoms with Crippen LogP contribution in [0.3, 0.4) is 0 Å². The van der Waals surface area contributed by atoms with E-state index in [0.29, 0.717) is 25.4 Å². The highest BCUT2D eigenvalue weighted by Gasteiger charge is 2.05. The van der Waals surface area contributed by atoms with Crippen molar-refractivity contribution in [3.8, 4) is 0 Å². The number of oxime groups is 1. The molecule has 84 valence electrons. The second-order valence-corrected chi connectivity index (χ2v) is 3.83. The van der Waals surface area contributed by atoms with E-state index in [1.54, 1.807) is 0 Å². The van der Waals surface area contributed by atoms with Gasteiger partial charge in [-0.05, 0) is 12.3 Å². The molecule has 1 unspecified atom stereocenters. The average Bonchev–Trinajstić information content (AvgIpc) is 2.10. The van der Waals surface area contributed by atoms with Crippen molar-refractivity contribution in [2.45, 2.75) is 32.8 Å². The van der Waals surface area contributed by atoms with Crippen LogP contribution in [0.1, 0.15) is 26.7 Å². The third-order valence-corrected chi connectivity index (χ3v) is 1.81. The minimum atomic E-state index is -0.317. The maximum atomic E-state index is 9.47. The molecule has 0 spiro atoms. The Morgan fingerprint density at radius 1 is 1.50 bits per heavy atom. The van der Waals surface area contributed by atoms with Crippen molar-refractivity contribution in [3.63, 3.8) is 0 Å². The predicted molar refractivity (Wildman–Crippen MR) is 56.4 cm³/mol. The largest absolute Gasteiger partial charge is 0.409 e. The summed E-state index contributed by atoms with van der Waals surface area (Å²) >= 11 is 0. The highest BCUT2D eigenvalue weighted by atomic mass is 16.4. The Bertz CT molecular complexity index is 171. The first-order chi connectivity index (χ1) is 6.56. The van der Waals surface area contributed by atoms with E-state index < -0.39 is 0 Å². The van der Waals surface area contributed by atoms with Crippen molar-refractivity contribution in [1.29, 1.82) is 0 Å². The summed E-state index contributed by atoms with van der Waals surface area (Å²) in [5, 5.41) is 23.6. The number of nitrogens with two attached hydrogens (primary N) is 1. The van der Waals surface area contributed by atoms with Crippen molar-refractivity contribution in [2.75, 3.05) is 13.1 Å². The molecule has 5 heteroatoms. The first-order valence-electron chi connectivity index (χ1n) is 4.91. The fourth-order valence-electron chi connectivity index (χ4n) is 1.16. The van der Waals surface area contributed by atoms with E-state index in [1.807, 2.05) is 0 Å². The summed E-state index contributed by atoms with van der Waals surface area (Å²) in [6, 6.07) is 0. The zero-order valence-corrected chi connectivity index (χ0v) is 8.90. The first-order valence-corrected chi connectivity index (χ1v) is 4.91. The molecule has 0 aliphatic carbocycles. The summed E-state index contributed by atoms with van der Waals surface area (Å²) < 4.78 is 0. The van der Waals surface area contributed by atoms with Gasteiger partial charge in [0, 0.05) is 19.5 Å². The van der Waals surface area contributed by atoms with Crippen LogP contribution in [0.5, 0.6) is 0 Å². The second kappa shape index (κ2) is 7.58. The lowest BCUT2D eigenvalue weighted by molar-refractivity contribution is 0.147. The van der Waals surface area contributed by atoms with Crippen LogP contribution in [0, 0.1) is 5.92 Å². The molecule has 0 fully saturated rings. The number of amidine groups is 1. The van der Waals surface area contributed by atoms with Gasteiger partial charge in [-0.25, -0.2) is 0 Å². The standard InChI is InChI=1S/C9H21N3O2/c1-7(2)5-8(13)6-11-4-3-9(10)12-14/h7-8,11,13-14H,3-6H2,1-2H3,(H2,10,12). The molecule has 5 nitrogen and oxygen atoms in total. The average molecular weight is 203 g/mol. The lowest BCUT2D eigenvalue weighted by Crippen LogP contribution is -2.30. The Morgan fingerprint density at radius 3 is 2.64 bits per heavy atom. The van der Waals surface area contributed by atoms with Crippen molar-refractivity contribution in [2.24, 2.45) is 16.8 Å². The molecular formula is C9H21N3O2. The van der Waals surface area contributed by atoms with E-state index in [0.717, 1.165) is 6.42 Å². The zero-order valence-electron chi connectivity index (χ0n) is 8.90. The van der Waals surface area contributed by atoms with Crippen LogP contribution in [-0.4, -0.2) is 35.3 Å². The van der Waals surface area contributed by atoms with Crippen LogP contribution in [0.15, 0.2) is 5.16 Å². The maximum absolute atomic E-state index is 9.47. The molecular weight excluding hydrogens is 182 g/mol. The Kier molecular flexibility index (Phi) is 7.14. The molecule has 5 N–H and O–H groups in total. The minimum absolute atomic E-state index is 0.204. The number of hydrogen-bond donors (Lipinski definition) is 4. The van der Waals surface area contributed by atoms with Crippen LogP contribution in [0.2, 0.25) is 0 Å². The molecule has 0 aliphatic rings. The summed E-state index contributed by atoms with van der Waals surface area (Å²) in [5.41, 5.74) is 5.27. The van der Waals surface area contributed by atoms with Gasteiger partial charge in [0.25, 0.3) is 0 Å². The van der Waals surface area contributed by atoms with Crippen LogP contribution >= 0.6 is 0 Å². The van der Waals surface area contributed by atoms with Gasteiger partial charge in [0.2, 0.25) is 0 Å². The molecule has 0 aromatic rings. The van der Waals surface area contributed by atoms with Gasteiger partial charge in [-0.2, -0.15) is 0 Å². The molecule has 0 amide bonds. The number of aliphatic hydroxyl groups excluding tert-OH is 1. The van der Waals surface area contributed by atoms with Gasteiger partial charge in [0.15, 0.2) is 0 Å². The highest BCUT2D eigenvalue weighted by Crippen LogP contribution is 2.02. The van der Waals surface area contributed by atoms with Gasteiger partial charge in [-0.3, -0.25) is 0 Å². The molecule has 0 radical (unpaired) electrons. The Hall–Kier alpha value is -0.810. The molecule has 0 saturated heterocycles. The van der Waals surface area contributed by atoms with E-state index in [4.69, 9.17) is 10.9 Å². The molecule has 0 saturated carbocycles. The molecule has 0 aromatic carbocycles. The molecule has 0 heterocycles. The monoisotopic (exact) mass is 203 g/mol. The van der Waals surface area contributed by atoms with E-state index in [1.165, 1.54) is 0 Å². The predicted octanol–water partition coefficient (Wildman–Crippen LogP) is 0.120. The van der Waals surface area contributed by atoms with E-state index in [-0.39, 0.29) is 11.9 Å². The topological polar surface area (TPSA) is 90.9 Å². The van der Waals surface area contributed by atoms with E-state index in [2.05, 4.69) is 24.3 Å². The fourth-order valence-corrected chi connectivity index (χ4v) is 1.16. The summed E-state index contributed by atoms with van der Waals surface area (Å²) in [4.78, 5) is 0. The normalized spacial score (nSPS) is 14.7. The van der Waals surface area contributed by atoms with Crippen molar-refractivity contribution in [1.82, 2.24) is 5.32 Å². The third-order valence-electron chi connectivity index (χ3n) is 1.81. The highest BCUT2D eigenvalue weighted by molar-refractivity contribution is 5.79. The summed E-state index contributed by atoms with van der Waals surface area (Å²) in [6.45, 7) is 5.31. The van der Waals surface area contributed by atoms with Crippen LogP contribution in [0.4, 0.5) is 0 Å². The van der Waals surface area contributed by atoms with E-state index >= 15 is 0 Å². The molecule has 0 aromatic heterocycles. The maximum Gasteiger partial charge on any atom is 0.140 e. The summed E-state index contributed by atoms with van der Waals surface area (Å²) in [5.74, 6) is 0.701. The van der Waals surface area contributed by atoms with Crippen molar-refractivity contribution in [3.05, 3.63) is 0 Å². The van der Waals surface area contributed by atoms with Crippen LogP contribution < -0.4 is 11.1 Å². The second-order valence-electron chi connectivity index (χ2n) is 3.83. The van der Waals surface area contributed by atoms with Gasteiger partial charge < -0.3 is 21.4 Å². The minimum Gasteiger partial charge on any atom is -0.409 e. The lowest BCUT2D eigenvalue weighted by Gasteiger charge is -2.13. The molecule has 1 atom stereocenters. The first kappa shape index (κ1) is 13.2. The summed E-state index contributed by atoms with van der Waals surface area (Å²) in [6.07, 6.45) is 0.962.